The molecule has 1 aromatic heterocycles. The molecular weight excluding hydrogens is 166 g/mol. The van der Waals surface area contributed by atoms with Crippen molar-refractivity contribution < 1.29 is 5.11 Å². The third-order valence-electron chi connectivity index (χ3n) is 1.81. The first kappa shape index (κ1) is 9.75. The van der Waals surface area contributed by atoms with E-state index in [2.05, 4.69) is 22.2 Å². The zero-order chi connectivity index (χ0) is 9.68. The minimum Gasteiger partial charge on any atom is -0.387 e. The summed E-state index contributed by atoms with van der Waals surface area (Å²) in [5.41, 5.74) is 0.734. The molecule has 0 aliphatic carbocycles. The standard InChI is InChI=1S/C9H13N3O/c1-3-4-5-6-9(13)8-7-10-11-12(8)2/h7,9,13H,5-6H2,1-2H3. The molecule has 4 nitrogen and oxygen atoms in total. The lowest BCUT2D eigenvalue weighted by molar-refractivity contribution is 0.160. The molecule has 0 aliphatic rings. The summed E-state index contributed by atoms with van der Waals surface area (Å²) >= 11 is 0. The van der Waals surface area contributed by atoms with Crippen LogP contribution in [0.15, 0.2) is 6.20 Å². The van der Waals surface area contributed by atoms with E-state index in [9.17, 15) is 5.11 Å². The van der Waals surface area contributed by atoms with Crippen LogP contribution in [0.5, 0.6) is 0 Å². The van der Waals surface area contributed by atoms with Gasteiger partial charge in [-0.2, -0.15) is 0 Å². The molecule has 1 N–H and O–H groups in total. The van der Waals surface area contributed by atoms with Crippen LogP contribution < -0.4 is 0 Å². The highest BCUT2D eigenvalue weighted by Crippen LogP contribution is 2.15. The molecule has 1 rings (SSSR count). The fraction of sp³-hybridized carbons (Fsp3) is 0.556. The van der Waals surface area contributed by atoms with Gasteiger partial charge in [0.2, 0.25) is 0 Å². The summed E-state index contributed by atoms with van der Waals surface area (Å²) in [7, 11) is 1.76. The number of aliphatic hydroxyl groups is 1. The molecule has 70 valence electrons. The summed E-state index contributed by atoms with van der Waals surface area (Å²) < 4.78 is 1.57. The lowest BCUT2D eigenvalue weighted by atomic mass is 10.1. The normalized spacial score (nSPS) is 11.9. The van der Waals surface area contributed by atoms with Crippen molar-refractivity contribution in [1.82, 2.24) is 15.0 Å². The molecule has 1 heterocycles. The summed E-state index contributed by atoms with van der Waals surface area (Å²) in [6.07, 6.45) is 2.38. The summed E-state index contributed by atoms with van der Waals surface area (Å²) in [4.78, 5) is 0. The predicted molar refractivity (Wildman–Crippen MR) is 48.6 cm³/mol. The van der Waals surface area contributed by atoms with Crippen molar-refractivity contribution in [1.29, 1.82) is 0 Å². The Bertz CT molecular complexity index is 321. The van der Waals surface area contributed by atoms with E-state index in [0.29, 0.717) is 12.8 Å². The van der Waals surface area contributed by atoms with Gasteiger partial charge in [-0.25, -0.2) is 4.68 Å². The van der Waals surface area contributed by atoms with Gasteiger partial charge < -0.3 is 5.11 Å². The number of aromatic nitrogens is 3. The monoisotopic (exact) mass is 179 g/mol. The molecule has 0 amide bonds. The Morgan fingerprint density at radius 3 is 3.00 bits per heavy atom. The Balaban J connectivity index is 2.52. The van der Waals surface area contributed by atoms with E-state index in [0.717, 1.165) is 5.69 Å². The maximum Gasteiger partial charge on any atom is 0.0982 e. The van der Waals surface area contributed by atoms with E-state index in [1.807, 2.05) is 0 Å². The highest BCUT2D eigenvalue weighted by molar-refractivity contribution is 5.01. The summed E-state index contributed by atoms with van der Waals surface area (Å²) in [6, 6.07) is 0. The molecule has 0 fully saturated rings. The van der Waals surface area contributed by atoms with Gasteiger partial charge in [0.15, 0.2) is 0 Å². The molecule has 0 aromatic carbocycles. The molecule has 0 radical (unpaired) electrons. The van der Waals surface area contributed by atoms with Gasteiger partial charge in [0.05, 0.1) is 18.0 Å². The van der Waals surface area contributed by atoms with Gasteiger partial charge in [-0.15, -0.1) is 16.9 Å². The van der Waals surface area contributed by atoms with Gasteiger partial charge in [-0.1, -0.05) is 5.21 Å². The lowest BCUT2D eigenvalue weighted by Crippen LogP contribution is -2.04. The second-order valence-electron chi connectivity index (χ2n) is 2.76. The average molecular weight is 179 g/mol. The molecule has 1 atom stereocenters. The summed E-state index contributed by atoms with van der Waals surface area (Å²) in [5.74, 6) is 5.68. The predicted octanol–water partition coefficient (Wildman–Crippen LogP) is 0.652. The van der Waals surface area contributed by atoms with Crippen molar-refractivity contribution in [3.05, 3.63) is 11.9 Å². The van der Waals surface area contributed by atoms with Crippen molar-refractivity contribution in [3.8, 4) is 11.8 Å². The lowest BCUT2D eigenvalue weighted by Gasteiger charge is -2.06. The van der Waals surface area contributed by atoms with E-state index >= 15 is 0 Å². The van der Waals surface area contributed by atoms with Crippen LogP contribution in [0.25, 0.3) is 0 Å². The molecule has 4 heteroatoms. The first-order valence-corrected chi connectivity index (χ1v) is 4.18. The molecule has 0 saturated heterocycles. The first-order chi connectivity index (χ1) is 6.25. The van der Waals surface area contributed by atoms with Crippen LogP contribution in [0.3, 0.4) is 0 Å². The second-order valence-corrected chi connectivity index (χ2v) is 2.76. The fourth-order valence-corrected chi connectivity index (χ4v) is 1.08. The Morgan fingerprint density at radius 2 is 2.46 bits per heavy atom. The minimum atomic E-state index is -0.513. The molecule has 0 saturated carbocycles. The quantitative estimate of drug-likeness (QED) is 0.693. The molecule has 0 spiro atoms. The van der Waals surface area contributed by atoms with Crippen LogP contribution in [0.1, 0.15) is 31.6 Å². The Hall–Kier alpha value is -1.34. The number of aliphatic hydroxyl groups excluding tert-OH is 1. The zero-order valence-corrected chi connectivity index (χ0v) is 7.86. The molecule has 0 aliphatic heterocycles. The number of nitrogens with zero attached hydrogens (tertiary/aromatic N) is 3. The Kier molecular flexibility index (Phi) is 3.47. The van der Waals surface area contributed by atoms with Crippen LogP contribution >= 0.6 is 0 Å². The fourth-order valence-electron chi connectivity index (χ4n) is 1.08. The third-order valence-corrected chi connectivity index (χ3v) is 1.81. The summed E-state index contributed by atoms with van der Waals surface area (Å²) in [6.45, 7) is 1.79. The number of rotatable bonds is 3. The highest BCUT2D eigenvalue weighted by Gasteiger charge is 2.10. The van der Waals surface area contributed by atoms with Crippen LogP contribution in [0, 0.1) is 11.8 Å². The van der Waals surface area contributed by atoms with Gasteiger partial charge in [-0.3, -0.25) is 0 Å². The van der Waals surface area contributed by atoms with Crippen molar-refractivity contribution in [3.63, 3.8) is 0 Å². The highest BCUT2D eigenvalue weighted by atomic mass is 16.3. The number of hydrogen-bond donors (Lipinski definition) is 1. The van der Waals surface area contributed by atoms with Crippen LogP contribution in [-0.4, -0.2) is 20.1 Å². The molecule has 0 bridgehead atoms. The summed E-state index contributed by atoms with van der Waals surface area (Å²) in [5, 5.41) is 17.1. The van der Waals surface area contributed by atoms with Crippen molar-refractivity contribution in [2.24, 2.45) is 7.05 Å². The van der Waals surface area contributed by atoms with Gasteiger partial charge in [0.25, 0.3) is 0 Å². The third kappa shape index (κ3) is 2.56. The minimum absolute atomic E-state index is 0.513. The van der Waals surface area contributed by atoms with Crippen molar-refractivity contribution >= 4 is 0 Å². The first-order valence-electron chi connectivity index (χ1n) is 4.18. The van der Waals surface area contributed by atoms with Crippen LogP contribution in [0.4, 0.5) is 0 Å². The maximum absolute atomic E-state index is 9.65. The van der Waals surface area contributed by atoms with E-state index < -0.39 is 6.10 Å². The average Bonchev–Trinajstić information content (AvgIpc) is 2.52. The van der Waals surface area contributed by atoms with Crippen LogP contribution in [-0.2, 0) is 7.05 Å². The number of hydrogen-bond acceptors (Lipinski definition) is 3. The Labute approximate surface area is 77.6 Å². The largest absolute Gasteiger partial charge is 0.387 e. The van der Waals surface area contributed by atoms with Crippen molar-refractivity contribution in [2.75, 3.05) is 0 Å². The SMILES string of the molecule is CC#CCCC(O)c1cnnn1C. The molecule has 13 heavy (non-hydrogen) atoms. The smallest absolute Gasteiger partial charge is 0.0982 e. The van der Waals surface area contributed by atoms with Gasteiger partial charge >= 0.3 is 0 Å². The van der Waals surface area contributed by atoms with E-state index in [1.54, 1.807) is 24.9 Å². The topological polar surface area (TPSA) is 50.9 Å². The van der Waals surface area contributed by atoms with E-state index in [4.69, 9.17) is 0 Å². The van der Waals surface area contributed by atoms with Gasteiger partial charge in [-0.05, 0) is 13.3 Å². The Morgan fingerprint density at radius 1 is 1.69 bits per heavy atom. The van der Waals surface area contributed by atoms with Crippen molar-refractivity contribution in [2.45, 2.75) is 25.9 Å². The zero-order valence-electron chi connectivity index (χ0n) is 7.86. The van der Waals surface area contributed by atoms with Crippen LogP contribution in [0.2, 0.25) is 0 Å². The maximum atomic E-state index is 9.65. The van der Waals surface area contributed by atoms with E-state index in [1.165, 1.54) is 0 Å². The van der Waals surface area contributed by atoms with Gasteiger partial charge in [0.1, 0.15) is 0 Å². The molecular formula is C9H13N3O. The molecule has 1 unspecified atom stereocenters. The van der Waals surface area contributed by atoms with Gasteiger partial charge in [0, 0.05) is 13.5 Å². The number of aryl methyl sites for hydroxylation is 1. The second kappa shape index (κ2) is 4.63. The van der Waals surface area contributed by atoms with E-state index in [-0.39, 0.29) is 0 Å². The molecule has 1 aromatic rings.